The minimum absolute atomic E-state index is 0.0196. The molecule has 0 aromatic heterocycles. The Morgan fingerprint density at radius 2 is 1.60 bits per heavy atom. The molecule has 2 aromatic carbocycles. The first-order valence-corrected chi connectivity index (χ1v) is 12.2. The summed E-state index contributed by atoms with van der Waals surface area (Å²) < 4.78 is 5.62. The number of carbonyl (C=O) groups is 3. The third-order valence-electron chi connectivity index (χ3n) is 7.85. The first kappa shape index (κ1) is 23.1. The largest absolute Gasteiger partial charge is 0.479 e. The van der Waals surface area contributed by atoms with Crippen molar-refractivity contribution in [3.05, 3.63) is 71.8 Å². The van der Waals surface area contributed by atoms with Crippen LogP contribution in [0.2, 0.25) is 0 Å². The van der Waals surface area contributed by atoms with Crippen molar-refractivity contribution >= 4 is 18.0 Å². The molecule has 2 aromatic rings. The fourth-order valence-corrected chi connectivity index (χ4v) is 5.89. The number of hydrogen-bond donors (Lipinski definition) is 2. The molecule has 2 N–H and O–H groups in total. The van der Waals surface area contributed by atoms with Gasteiger partial charge in [-0.2, -0.15) is 0 Å². The molecule has 1 fully saturated rings. The molecule has 3 aliphatic carbocycles. The van der Waals surface area contributed by atoms with Gasteiger partial charge < -0.3 is 20.1 Å². The Labute approximate surface area is 204 Å². The van der Waals surface area contributed by atoms with Crippen LogP contribution < -0.4 is 5.32 Å². The number of benzene rings is 2. The second-order valence-electron chi connectivity index (χ2n) is 9.74. The number of carboxylic acids is 1. The highest BCUT2D eigenvalue weighted by atomic mass is 16.5. The van der Waals surface area contributed by atoms with Gasteiger partial charge in [0.05, 0.1) is 12.0 Å². The van der Waals surface area contributed by atoms with Gasteiger partial charge in [-0.05, 0) is 41.5 Å². The fraction of sp³-hybridized carbons (Fsp3) is 0.393. The van der Waals surface area contributed by atoms with E-state index in [1.165, 1.54) is 16.0 Å². The van der Waals surface area contributed by atoms with E-state index >= 15 is 0 Å². The van der Waals surface area contributed by atoms with Gasteiger partial charge in [0, 0.05) is 13.0 Å². The summed E-state index contributed by atoms with van der Waals surface area (Å²) in [6.07, 6.45) is 5.97. The van der Waals surface area contributed by atoms with Crippen LogP contribution in [0.15, 0.2) is 60.7 Å². The first-order chi connectivity index (χ1) is 16.9. The minimum atomic E-state index is -1.12. The van der Waals surface area contributed by atoms with Gasteiger partial charge in [0.15, 0.2) is 0 Å². The summed E-state index contributed by atoms with van der Waals surface area (Å²) in [6, 6.07) is 16.0. The van der Waals surface area contributed by atoms with Crippen molar-refractivity contribution < 1.29 is 24.2 Å². The second-order valence-corrected chi connectivity index (χ2v) is 9.74. The lowest BCUT2D eigenvalue weighted by atomic mass is 9.93. The maximum atomic E-state index is 13.1. The minimum Gasteiger partial charge on any atom is -0.479 e. The first-order valence-electron chi connectivity index (χ1n) is 12.2. The molecule has 35 heavy (non-hydrogen) atoms. The molecule has 2 amide bonds. The van der Waals surface area contributed by atoms with E-state index in [4.69, 9.17) is 4.74 Å². The predicted molar refractivity (Wildman–Crippen MR) is 131 cm³/mol. The summed E-state index contributed by atoms with van der Waals surface area (Å²) in [7, 11) is 1.59. The number of aliphatic carboxylic acids is 1. The molecule has 0 heterocycles. The molecule has 1 saturated carbocycles. The zero-order chi connectivity index (χ0) is 24.6. The van der Waals surface area contributed by atoms with Gasteiger partial charge >= 0.3 is 12.1 Å². The van der Waals surface area contributed by atoms with Crippen molar-refractivity contribution in [1.82, 2.24) is 10.2 Å². The molecular weight excluding hydrogens is 444 g/mol. The summed E-state index contributed by atoms with van der Waals surface area (Å²) in [5, 5.41) is 12.6. The Kier molecular flexibility index (Phi) is 6.09. The Morgan fingerprint density at radius 1 is 1.00 bits per heavy atom. The van der Waals surface area contributed by atoms with Crippen LogP contribution in [0.5, 0.6) is 0 Å². The summed E-state index contributed by atoms with van der Waals surface area (Å²) in [5.74, 6) is -1.65. The van der Waals surface area contributed by atoms with Crippen LogP contribution in [0.3, 0.4) is 0 Å². The van der Waals surface area contributed by atoms with Gasteiger partial charge in [0.2, 0.25) is 5.91 Å². The highest BCUT2D eigenvalue weighted by Crippen LogP contribution is 2.44. The van der Waals surface area contributed by atoms with E-state index in [2.05, 4.69) is 29.6 Å². The van der Waals surface area contributed by atoms with Gasteiger partial charge in [0.25, 0.3) is 0 Å². The van der Waals surface area contributed by atoms with Crippen LogP contribution in [0.4, 0.5) is 4.79 Å². The van der Waals surface area contributed by atoms with Crippen molar-refractivity contribution in [2.75, 3.05) is 13.7 Å². The molecule has 182 valence electrons. The van der Waals surface area contributed by atoms with Crippen LogP contribution in [0.25, 0.3) is 11.1 Å². The summed E-state index contributed by atoms with van der Waals surface area (Å²) in [6.45, 7) is 0.225. The number of hydrogen-bond acceptors (Lipinski definition) is 4. The van der Waals surface area contributed by atoms with E-state index in [0.717, 1.165) is 24.0 Å². The van der Waals surface area contributed by atoms with Crippen LogP contribution in [-0.4, -0.2) is 53.2 Å². The van der Waals surface area contributed by atoms with E-state index in [1.807, 2.05) is 24.3 Å². The third-order valence-corrected chi connectivity index (χ3v) is 7.85. The Hall–Kier alpha value is -3.61. The molecule has 0 radical (unpaired) electrons. The van der Waals surface area contributed by atoms with E-state index in [0.29, 0.717) is 19.3 Å². The number of fused-ring (bicyclic) bond motifs is 3. The standard InChI is InChI=1S/C28H30N2O5/c1-30(28(26(32)33)14-6-7-15-28)25(31)18-12-13-19(16-18)29-27(34)35-17-24-22-10-4-2-8-20(22)21-9-3-5-11-23(21)24/h2-5,8-13,18-19,24H,6-7,14-17H2,1H3,(H,29,34)(H,32,33). The van der Waals surface area contributed by atoms with Crippen molar-refractivity contribution in [3.63, 3.8) is 0 Å². The van der Waals surface area contributed by atoms with E-state index in [1.54, 1.807) is 19.2 Å². The zero-order valence-electron chi connectivity index (χ0n) is 19.8. The highest BCUT2D eigenvalue weighted by Gasteiger charge is 2.48. The number of ether oxygens (including phenoxy) is 1. The zero-order valence-corrected chi connectivity index (χ0v) is 19.8. The number of amides is 2. The summed E-state index contributed by atoms with van der Waals surface area (Å²) >= 11 is 0. The SMILES string of the molecule is CN(C(=O)C1C=CC(NC(=O)OCC2c3ccccc3-c3ccccc32)C1)C1(C(=O)O)CCCC1. The highest BCUT2D eigenvalue weighted by molar-refractivity contribution is 5.89. The number of likely N-dealkylation sites (N-methyl/N-ethyl adjacent to an activating group) is 1. The molecule has 2 atom stereocenters. The second kappa shape index (κ2) is 9.21. The number of alkyl carbamates (subject to hydrolysis) is 1. The maximum absolute atomic E-state index is 13.1. The van der Waals surface area contributed by atoms with Crippen LogP contribution in [0.1, 0.15) is 49.1 Å². The molecule has 0 bridgehead atoms. The summed E-state index contributed by atoms with van der Waals surface area (Å²) in [4.78, 5) is 39.0. The molecule has 0 aliphatic heterocycles. The van der Waals surface area contributed by atoms with Gasteiger partial charge in [0.1, 0.15) is 12.1 Å². The van der Waals surface area contributed by atoms with Crippen molar-refractivity contribution in [1.29, 1.82) is 0 Å². The van der Waals surface area contributed by atoms with Crippen LogP contribution in [-0.2, 0) is 14.3 Å². The number of nitrogens with one attached hydrogen (secondary N) is 1. The lowest BCUT2D eigenvalue weighted by Crippen LogP contribution is -2.54. The molecule has 7 nitrogen and oxygen atoms in total. The quantitative estimate of drug-likeness (QED) is 0.608. The van der Waals surface area contributed by atoms with E-state index in [-0.39, 0.29) is 24.5 Å². The van der Waals surface area contributed by atoms with Gasteiger partial charge in [-0.25, -0.2) is 9.59 Å². The molecule has 2 unspecified atom stereocenters. The predicted octanol–water partition coefficient (Wildman–Crippen LogP) is 4.33. The molecular formula is C28H30N2O5. The van der Waals surface area contributed by atoms with Crippen molar-refractivity contribution in [3.8, 4) is 11.1 Å². The van der Waals surface area contributed by atoms with Crippen LogP contribution >= 0.6 is 0 Å². The Bertz CT molecular complexity index is 1140. The monoisotopic (exact) mass is 474 g/mol. The Balaban J connectivity index is 1.17. The number of rotatable bonds is 6. The normalized spacial score (nSPS) is 21.9. The molecule has 7 heteroatoms. The van der Waals surface area contributed by atoms with Gasteiger partial charge in [-0.3, -0.25) is 4.79 Å². The average molecular weight is 475 g/mol. The fourth-order valence-electron chi connectivity index (χ4n) is 5.89. The number of carbonyl (C=O) groups excluding carboxylic acids is 2. The number of nitrogens with zero attached hydrogens (tertiary/aromatic N) is 1. The van der Waals surface area contributed by atoms with E-state index < -0.39 is 23.5 Å². The number of carboxylic acid groups (broad SMARTS) is 1. The van der Waals surface area contributed by atoms with Crippen molar-refractivity contribution in [2.45, 2.75) is 49.6 Å². The van der Waals surface area contributed by atoms with E-state index in [9.17, 15) is 19.5 Å². The maximum Gasteiger partial charge on any atom is 0.407 e. The lowest BCUT2D eigenvalue weighted by Gasteiger charge is -2.36. The van der Waals surface area contributed by atoms with Gasteiger partial charge in [-0.15, -0.1) is 0 Å². The molecule has 3 aliphatic rings. The average Bonchev–Trinajstić information content (AvgIpc) is 3.60. The molecule has 5 rings (SSSR count). The smallest absolute Gasteiger partial charge is 0.407 e. The van der Waals surface area contributed by atoms with Gasteiger partial charge in [-0.1, -0.05) is 73.5 Å². The van der Waals surface area contributed by atoms with Crippen LogP contribution in [0, 0.1) is 5.92 Å². The summed E-state index contributed by atoms with van der Waals surface area (Å²) in [5.41, 5.74) is 3.51. The van der Waals surface area contributed by atoms with Crippen molar-refractivity contribution in [2.24, 2.45) is 5.92 Å². The molecule has 0 spiro atoms. The topological polar surface area (TPSA) is 95.9 Å². The lowest BCUT2D eigenvalue weighted by molar-refractivity contribution is -0.158. The Morgan fingerprint density at radius 3 is 2.20 bits per heavy atom. The third kappa shape index (κ3) is 4.09. The molecule has 0 saturated heterocycles.